The second-order valence-electron chi connectivity index (χ2n) is 8.86. The van der Waals surface area contributed by atoms with Gasteiger partial charge in [-0.05, 0) is 80.4 Å². The molecule has 6 heteroatoms. The minimum Gasteiger partial charge on any atom is -0.491 e. The highest BCUT2D eigenvalue weighted by Crippen LogP contribution is 2.36. The van der Waals surface area contributed by atoms with E-state index < -0.39 is 0 Å². The van der Waals surface area contributed by atoms with Crippen molar-refractivity contribution in [2.75, 3.05) is 26.4 Å². The SMILES string of the molecule is O=C(OC1CCC(C2C=CC(OCC3CO3)=CC2)CC1)c1ccc(OCC2CO2)cc1. The highest BCUT2D eigenvalue weighted by Gasteiger charge is 2.29. The van der Waals surface area contributed by atoms with Crippen LogP contribution in [0.25, 0.3) is 0 Å². The van der Waals surface area contributed by atoms with E-state index in [2.05, 4.69) is 18.2 Å². The van der Waals surface area contributed by atoms with Crippen LogP contribution in [0.1, 0.15) is 42.5 Å². The third kappa shape index (κ3) is 5.89. The number of carbonyl (C=O) groups excluding carboxylic acids is 1. The Balaban J connectivity index is 1.03. The predicted molar refractivity (Wildman–Crippen MR) is 114 cm³/mol. The van der Waals surface area contributed by atoms with Gasteiger partial charge in [-0.15, -0.1) is 0 Å². The van der Waals surface area contributed by atoms with Crippen molar-refractivity contribution < 1.29 is 28.5 Å². The summed E-state index contributed by atoms with van der Waals surface area (Å²) >= 11 is 0. The Hall–Kier alpha value is -2.31. The number of hydrogen-bond acceptors (Lipinski definition) is 6. The Morgan fingerprint density at radius 1 is 0.935 bits per heavy atom. The highest BCUT2D eigenvalue weighted by atomic mass is 16.6. The zero-order valence-corrected chi connectivity index (χ0v) is 17.7. The molecule has 4 aliphatic rings. The van der Waals surface area contributed by atoms with Crippen molar-refractivity contribution in [1.29, 1.82) is 0 Å². The smallest absolute Gasteiger partial charge is 0.338 e. The lowest BCUT2D eigenvalue weighted by Gasteiger charge is -2.33. The van der Waals surface area contributed by atoms with Gasteiger partial charge in [0, 0.05) is 0 Å². The molecular weight excluding hydrogens is 396 g/mol. The fourth-order valence-corrected chi connectivity index (χ4v) is 4.32. The molecule has 2 aliphatic heterocycles. The molecule has 0 N–H and O–H groups in total. The van der Waals surface area contributed by atoms with Crippen molar-refractivity contribution in [1.82, 2.24) is 0 Å². The summed E-state index contributed by atoms with van der Waals surface area (Å²) in [7, 11) is 0. The molecule has 31 heavy (non-hydrogen) atoms. The van der Waals surface area contributed by atoms with Gasteiger partial charge in [-0.1, -0.05) is 6.08 Å². The molecule has 0 spiro atoms. The molecule has 3 unspecified atom stereocenters. The van der Waals surface area contributed by atoms with Crippen molar-refractivity contribution >= 4 is 5.97 Å². The van der Waals surface area contributed by atoms with Crippen LogP contribution in [0.2, 0.25) is 0 Å². The Kier molecular flexibility index (Phi) is 6.27. The molecule has 3 fully saturated rings. The lowest BCUT2D eigenvalue weighted by molar-refractivity contribution is 0.0144. The molecule has 166 valence electrons. The van der Waals surface area contributed by atoms with Crippen LogP contribution in [-0.4, -0.2) is 50.7 Å². The first kappa shape index (κ1) is 20.6. The number of benzene rings is 1. The van der Waals surface area contributed by atoms with Gasteiger partial charge in [-0.3, -0.25) is 0 Å². The summed E-state index contributed by atoms with van der Waals surface area (Å²) in [6.45, 7) is 2.81. The third-order valence-corrected chi connectivity index (χ3v) is 6.46. The van der Waals surface area contributed by atoms with Crippen molar-refractivity contribution in [2.45, 2.75) is 50.4 Å². The van der Waals surface area contributed by atoms with Gasteiger partial charge in [0.25, 0.3) is 0 Å². The second kappa shape index (κ2) is 9.45. The number of esters is 1. The molecule has 0 bridgehead atoms. The van der Waals surface area contributed by atoms with Gasteiger partial charge in [-0.25, -0.2) is 4.79 Å². The second-order valence-corrected chi connectivity index (χ2v) is 8.86. The van der Waals surface area contributed by atoms with Crippen molar-refractivity contribution in [3.63, 3.8) is 0 Å². The maximum absolute atomic E-state index is 12.5. The minimum absolute atomic E-state index is 0.00670. The van der Waals surface area contributed by atoms with E-state index in [0.717, 1.165) is 56.8 Å². The molecule has 5 rings (SSSR count). The van der Waals surface area contributed by atoms with E-state index in [1.807, 2.05) is 12.1 Å². The van der Waals surface area contributed by atoms with E-state index in [9.17, 15) is 4.79 Å². The lowest BCUT2D eigenvalue weighted by Crippen LogP contribution is -2.27. The number of hydrogen-bond donors (Lipinski definition) is 0. The van der Waals surface area contributed by atoms with Crippen molar-refractivity contribution in [3.8, 4) is 5.75 Å². The average molecular weight is 427 g/mol. The minimum atomic E-state index is -0.248. The molecule has 0 amide bonds. The summed E-state index contributed by atoms with van der Waals surface area (Å²) in [6.07, 6.45) is 12.2. The summed E-state index contributed by atoms with van der Waals surface area (Å²) in [6, 6.07) is 7.17. The largest absolute Gasteiger partial charge is 0.491 e. The van der Waals surface area contributed by atoms with E-state index in [1.54, 1.807) is 12.1 Å². The van der Waals surface area contributed by atoms with E-state index in [4.69, 9.17) is 23.7 Å². The van der Waals surface area contributed by atoms with Crippen LogP contribution in [0, 0.1) is 11.8 Å². The molecule has 2 saturated heterocycles. The first-order valence-corrected chi connectivity index (χ1v) is 11.4. The quantitative estimate of drug-likeness (QED) is 0.438. The van der Waals surface area contributed by atoms with Gasteiger partial charge in [0.05, 0.1) is 18.8 Å². The average Bonchev–Trinajstić information content (AvgIpc) is 3.73. The van der Waals surface area contributed by atoms with Crippen molar-refractivity contribution in [3.05, 3.63) is 53.8 Å². The number of ether oxygens (including phenoxy) is 5. The van der Waals surface area contributed by atoms with Crippen LogP contribution in [-0.2, 0) is 18.9 Å². The van der Waals surface area contributed by atoms with Crippen molar-refractivity contribution in [2.24, 2.45) is 11.8 Å². The van der Waals surface area contributed by atoms with Crippen LogP contribution >= 0.6 is 0 Å². The Morgan fingerprint density at radius 3 is 2.23 bits per heavy atom. The van der Waals surface area contributed by atoms with Gasteiger partial charge < -0.3 is 23.7 Å². The van der Waals surface area contributed by atoms with E-state index >= 15 is 0 Å². The van der Waals surface area contributed by atoms with Gasteiger partial charge in [0.2, 0.25) is 0 Å². The maximum atomic E-state index is 12.5. The van der Waals surface area contributed by atoms with Crippen LogP contribution < -0.4 is 4.74 Å². The van der Waals surface area contributed by atoms with Gasteiger partial charge in [0.1, 0.15) is 43.0 Å². The summed E-state index contributed by atoms with van der Waals surface area (Å²) in [5, 5.41) is 0. The molecule has 2 heterocycles. The number of allylic oxidation sites excluding steroid dienone is 3. The highest BCUT2D eigenvalue weighted by molar-refractivity contribution is 5.89. The van der Waals surface area contributed by atoms with Gasteiger partial charge in [0.15, 0.2) is 0 Å². The summed E-state index contributed by atoms with van der Waals surface area (Å²) in [4.78, 5) is 12.5. The lowest BCUT2D eigenvalue weighted by atomic mass is 9.76. The first-order chi connectivity index (χ1) is 15.2. The Labute approximate surface area is 183 Å². The third-order valence-electron chi connectivity index (χ3n) is 6.46. The number of epoxide rings is 2. The fourth-order valence-electron chi connectivity index (χ4n) is 4.32. The molecule has 6 nitrogen and oxygen atoms in total. The first-order valence-electron chi connectivity index (χ1n) is 11.4. The summed E-state index contributed by atoms with van der Waals surface area (Å²) < 4.78 is 27.5. The normalized spacial score (nSPS) is 31.5. The van der Waals surface area contributed by atoms with Crippen LogP contribution in [0.4, 0.5) is 0 Å². The zero-order valence-electron chi connectivity index (χ0n) is 17.7. The standard InChI is InChI=1S/C25H30O6/c26-25(19-5-9-21(10-6-19)28-14-24-16-30-24)31-22-11-3-18(4-12-22)17-1-7-20(8-2-17)27-13-23-15-29-23/h1,5-10,17-18,22-24H,2-4,11-16H2. The van der Waals surface area contributed by atoms with Crippen LogP contribution in [0.5, 0.6) is 5.75 Å². The van der Waals surface area contributed by atoms with E-state index in [1.165, 1.54) is 0 Å². The number of carbonyl (C=O) groups is 1. The molecule has 0 aromatic heterocycles. The Morgan fingerprint density at radius 2 is 1.61 bits per heavy atom. The molecule has 1 aromatic rings. The predicted octanol–water partition coefficient (Wildman–Crippen LogP) is 4.06. The van der Waals surface area contributed by atoms with Crippen LogP contribution in [0.15, 0.2) is 48.3 Å². The summed E-state index contributed by atoms with van der Waals surface area (Å²) in [5.41, 5.74) is 0.571. The monoisotopic (exact) mass is 426 g/mol. The van der Waals surface area contributed by atoms with Crippen LogP contribution in [0.3, 0.4) is 0 Å². The molecule has 1 aromatic carbocycles. The Bertz CT molecular complexity index is 813. The molecule has 0 radical (unpaired) electrons. The topological polar surface area (TPSA) is 69.8 Å². The number of rotatable bonds is 9. The summed E-state index contributed by atoms with van der Waals surface area (Å²) in [5.74, 6) is 2.66. The molecule has 3 atom stereocenters. The molecule has 1 saturated carbocycles. The van der Waals surface area contributed by atoms with E-state index in [0.29, 0.717) is 36.7 Å². The van der Waals surface area contributed by atoms with Gasteiger partial charge >= 0.3 is 5.97 Å². The molecular formula is C25H30O6. The van der Waals surface area contributed by atoms with Gasteiger partial charge in [-0.2, -0.15) is 0 Å². The zero-order chi connectivity index (χ0) is 21.0. The molecule has 2 aliphatic carbocycles. The maximum Gasteiger partial charge on any atom is 0.338 e. The fraction of sp³-hybridized carbons (Fsp3) is 0.560. The van der Waals surface area contributed by atoms with E-state index in [-0.39, 0.29) is 18.2 Å².